The van der Waals surface area contributed by atoms with Crippen molar-refractivity contribution in [1.82, 2.24) is 0 Å². The van der Waals surface area contributed by atoms with Crippen molar-refractivity contribution in [2.45, 2.75) is 117 Å². The lowest BCUT2D eigenvalue weighted by atomic mass is 9.45. The molecule has 4 aliphatic rings. The van der Waals surface area contributed by atoms with Crippen molar-refractivity contribution in [1.29, 1.82) is 0 Å². The van der Waals surface area contributed by atoms with Crippen LogP contribution in [-0.2, 0) is 27.1 Å². The van der Waals surface area contributed by atoms with E-state index in [4.69, 9.17) is 4.42 Å². The monoisotopic (exact) mass is 860 g/mol. The standard InChI is InChI=1S/C62H61BN2O/c1-58(2,3)36-22-27-39(28-23-36)64-51-35-44-42-19-15-17-21-48(42)62(12,13)54(44)53-45-33-49-43(41-18-14-16-20-47(41)61(49,10)11)34-50(45)65(40-29-24-37(25-30-40)59(4,5)6)63(55(51)53)57-56(64)46-32-38(60(7,8)9)26-31-52(46)66-57/h14-35H,1-13H3. The van der Waals surface area contributed by atoms with Crippen molar-refractivity contribution in [3.8, 4) is 33.4 Å². The van der Waals surface area contributed by atoms with Gasteiger partial charge in [0, 0.05) is 44.5 Å². The molecule has 0 N–H and O–H groups in total. The molecule has 3 nitrogen and oxygen atoms in total. The minimum Gasteiger partial charge on any atom is -0.466 e. The van der Waals surface area contributed by atoms with Crippen LogP contribution in [-0.4, -0.2) is 6.85 Å². The zero-order valence-electron chi connectivity index (χ0n) is 41.1. The molecular formula is C62H61BN2O. The molecule has 2 aliphatic heterocycles. The second kappa shape index (κ2) is 13.2. The molecule has 12 rings (SSSR count). The first-order valence-electron chi connectivity index (χ1n) is 24.1. The summed E-state index contributed by atoms with van der Waals surface area (Å²) in [6.45, 7) is 30.2. The van der Waals surface area contributed by atoms with E-state index in [0.717, 1.165) is 33.7 Å². The highest BCUT2D eigenvalue weighted by Crippen LogP contribution is 2.60. The molecule has 66 heavy (non-hydrogen) atoms. The highest BCUT2D eigenvalue weighted by atomic mass is 16.3. The van der Waals surface area contributed by atoms with E-state index >= 15 is 0 Å². The van der Waals surface area contributed by atoms with Crippen molar-refractivity contribution in [3.63, 3.8) is 0 Å². The zero-order valence-corrected chi connectivity index (χ0v) is 41.1. The molecule has 0 bridgehead atoms. The molecule has 0 fully saturated rings. The van der Waals surface area contributed by atoms with Crippen LogP contribution in [0.2, 0.25) is 0 Å². The lowest BCUT2D eigenvalue weighted by molar-refractivity contribution is 0.590. The topological polar surface area (TPSA) is 19.6 Å². The van der Waals surface area contributed by atoms with E-state index in [9.17, 15) is 0 Å². The second-order valence-corrected chi connectivity index (χ2v) is 23.8. The number of furan rings is 1. The first-order chi connectivity index (χ1) is 31.2. The number of hydrogen-bond donors (Lipinski definition) is 0. The van der Waals surface area contributed by atoms with E-state index in [-0.39, 0.29) is 33.9 Å². The fraction of sp³-hybridized carbons (Fsp3) is 0.290. The Morgan fingerprint density at radius 2 is 1.00 bits per heavy atom. The van der Waals surface area contributed by atoms with Crippen LogP contribution in [0.3, 0.4) is 0 Å². The Bertz CT molecular complexity index is 3360. The van der Waals surface area contributed by atoms with Gasteiger partial charge in [-0.1, -0.05) is 169 Å². The summed E-state index contributed by atoms with van der Waals surface area (Å²) in [6, 6.07) is 51.7. The van der Waals surface area contributed by atoms with E-state index in [1.54, 1.807) is 0 Å². The highest BCUT2D eigenvalue weighted by Gasteiger charge is 2.53. The third kappa shape index (κ3) is 5.57. The van der Waals surface area contributed by atoms with E-state index in [1.807, 2.05) is 0 Å². The predicted octanol–water partition coefficient (Wildman–Crippen LogP) is 15.6. The van der Waals surface area contributed by atoms with Crippen molar-refractivity contribution in [2.24, 2.45) is 0 Å². The maximum atomic E-state index is 7.51. The van der Waals surface area contributed by atoms with Gasteiger partial charge in [-0.15, -0.1) is 0 Å². The molecule has 0 saturated carbocycles. The highest BCUT2D eigenvalue weighted by molar-refractivity contribution is 6.93. The van der Waals surface area contributed by atoms with Gasteiger partial charge in [0.1, 0.15) is 11.2 Å². The molecule has 0 radical (unpaired) electrons. The molecule has 4 heteroatoms. The lowest BCUT2D eigenvalue weighted by Gasteiger charge is -2.45. The van der Waals surface area contributed by atoms with Crippen LogP contribution in [0, 0.1) is 0 Å². The molecule has 0 spiro atoms. The largest absolute Gasteiger partial charge is 0.466 e. The van der Waals surface area contributed by atoms with Gasteiger partial charge < -0.3 is 14.1 Å². The number of rotatable bonds is 2. The Labute approximate surface area is 392 Å². The number of fused-ring (bicyclic) bond motifs is 13. The zero-order chi connectivity index (χ0) is 46.2. The van der Waals surface area contributed by atoms with Gasteiger partial charge in [0.25, 0.3) is 0 Å². The molecule has 328 valence electrons. The number of benzene rings is 7. The molecule has 2 aliphatic carbocycles. The first kappa shape index (κ1) is 41.2. The van der Waals surface area contributed by atoms with Crippen LogP contribution in [0.15, 0.2) is 138 Å². The van der Waals surface area contributed by atoms with E-state index in [1.165, 1.54) is 89.2 Å². The summed E-state index contributed by atoms with van der Waals surface area (Å²) in [7, 11) is 0. The Balaban J connectivity index is 1.27. The molecule has 0 saturated heterocycles. The average Bonchev–Trinajstić information content (AvgIpc) is 3.84. The van der Waals surface area contributed by atoms with Gasteiger partial charge >= 0.3 is 6.85 Å². The van der Waals surface area contributed by atoms with Crippen molar-refractivity contribution in [2.75, 3.05) is 9.71 Å². The Morgan fingerprint density at radius 3 is 1.61 bits per heavy atom. The molecule has 0 atom stereocenters. The molecule has 7 aromatic carbocycles. The molecule has 0 unspecified atom stereocenters. The maximum Gasteiger partial charge on any atom is 0.375 e. The quantitative estimate of drug-likeness (QED) is 0.161. The van der Waals surface area contributed by atoms with Gasteiger partial charge in [0.15, 0.2) is 0 Å². The first-order valence-corrected chi connectivity index (χ1v) is 24.1. The molecule has 3 heterocycles. The summed E-state index contributed by atoms with van der Waals surface area (Å²) < 4.78 is 7.51. The fourth-order valence-electron chi connectivity index (χ4n) is 12.2. The van der Waals surface area contributed by atoms with Crippen molar-refractivity contribution < 1.29 is 4.42 Å². The summed E-state index contributed by atoms with van der Waals surface area (Å²) in [5.74, 6) is 0. The van der Waals surface area contributed by atoms with E-state index in [0.29, 0.717) is 0 Å². The van der Waals surface area contributed by atoms with Gasteiger partial charge in [0.05, 0.1) is 5.69 Å². The molecule has 8 aromatic rings. The average molecular weight is 861 g/mol. The summed E-state index contributed by atoms with van der Waals surface area (Å²) in [6.07, 6.45) is 0. The van der Waals surface area contributed by atoms with Crippen molar-refractivity contribution >= 4 is 57.4 Å². The predicted molar refractivity (Wildman–Crippen MR) is 281 cm³/mol. The summed E-state index contributed by atoms with van der Waals surface area (Å²) in [5, 5.41) is 1.14. The molecule has 1 aromatic heterocycles. The van der Waals surface area contributed by atoms with Crippen LogP contribution in [0.4, 0.5) is 28.4 Å². The third-order valence-corrected chi connectivity index (χ3v) is 15.9. The Kier molecular flexibility index (Phi) is 8.25. The van der Waals surface area contributed by atoms with Gasteiger partial charge in [0.2, 0.25) is 0 Å². The van der Waals surface area contributed by atoms with Crippen LogP contribution in [0.1, 0.15) is 129 Å². The van der Waals surface area contributed by atoms with Crippen LogP contribution < -0.4 is 20.8 Å². The normalized spacial score (nSPS) is 16.1. The summed E-state index contributed by atoms with van der Waals surface area (Å²) in [4.78, 5) is 5.22. The van der Waals surface area contributed by atoms with Gasteiger partial charge in [-0.05, 0) is 143 Å². The Hall–Kier alpha value is -6.26. The number of hydrogen-bond acceptors (Lipinski definition) is 3. The number of nitrogens with zero attached hydrogens (tertiary/aromatic N) is 2. The maximum absolute atomic E-state index is 7.51. The van der Waals surface area contributed by atoms with Crippen molar-refractivity contribution in [3.05, 3.63) is 172 Å². The van der Waals surface area contributed by atoms with Gasteiger partial charge in [-0.2, -0.15) is 0 Å². The van der Waals surface area contributed by atoms with Gasteiger partial charge in [-0.25, -0.2) is 0 Å². The molecule has 0 amide bonds. The Morgan fingerprint density at radius 1 is 0.470 bits per heavy atom. The lowest BCUT2D eigenvalue weighted by Crippen LogP contribution is -2.61. The molecular weight excluding hydrogens is 800 g/mol. The second-order valence-electron chi connectivity index (χ2n) is 23.8. The SMILES string of the molecule is CC(C)(C)c1ccc(N2B3c4oc5ccc(C(C)(C)C)cc5c4N(c4ccc(C(C)(C)C)cc4)c4cc5c(c(c43)-c3cc4c(cc32)-c2ccccc2C4(C)C)C(C)(C)c2ccccc2-5)cc1. The van der Waals surface area contributed by atoms with Crippen LogP contribution >= 0.6 is 0 Å². The smallest absolute Gasteiger partial charge is 0.375 e. The van der Waals surface area contributed by atoms with E-state index in [2.05, 4.69) is 233 Å². The summed E-state index contributed by atoms with van der Waals surface area (Å²) in [5.41, 5.74) is 26.0. The summed E-state index contributed by atoms with van der Waals surface area (Å²) >= 11 is 0. The minimum absolute atomic E-state index is 0.0138. The van der Waals surface area contributed by atoms with Crippen LogP contribution in [0.5, 0.6) is 0 Å². The minimum atomic E-state index is -0.263. The number of anilines is 5. The van der Waals surface area contributed by atoms with E-state index < -0.39 is 0 Å². The van der Waals surface area contributed by atoms with Gasteiger partial charge in [-0.3, -0.25) is 0 Å². The van der Waals surface area contributed by atoms with Crippen LogP contribution in [0.25, 0.3) is 44.3 Å². The third-order valence-electron chi connectivity index (χ3n) is 15.9. The fourth-order valence-corrected chi connectivity index (χ4v) is 12.2.